The third-order valence-electron chi connectivity index (χ3n) is 3.23. The van der Waals surface area contributed by atoms with Crippen LogP contribution in [-0.2, 0) is 0 Å². The molecule has 2 atom stereocenters. The van der Waals surface area contributed by atoms with E-state index in [2.05, 4.69) is 21.2 Å². The van der Waals surface area contributed by atoms with Crippen LogP contribution in [0.3, 0.4) is 0 Å². The van der Waals surface area contributed by atoms with Crippen LogP contribution in [0, 0.1) is 0 Å². The van der Waals surface area contributed by atoms with Gasteiger partial charge in [0.15, 0.2) is 0 Å². The van der Waals surface area contributed by atoms with Crippen molar-refractivity contribution in [2.45, 2.75) is 25.9 Å². The average Bonchev–Trinajstić information content (AvgIpc) is 2.28. The SMILES string of the molecule is CC1CNCC(C)N1C(=O)c1ccc(Br)cc1Cl. The molecule has 1 aliphatic rings. The molecule has 18 heavy (non-hydrogen) atoms. The molecule has 3 nitrogen and oxygen atoms in total. The van der Waals surface area contributed by atoms with Crippen molar-refractivity contribution in [2.75, 3.05) is 13.1 Å². The van der Waals surface area contributed by atoms with Gasteiger partial charge in [-0.05, 0) is 32.0 Å². The standard InChI is InChI=1S/C13H16BrClN2O/c1-8-6-16-7-9(2)17(8)13(18)11-4-3-10(14)5-12(11)15/h3-5,8-9,16H,6-7H2,1-2H3. The first-order chi connectivity index (χ1) is 8.50. The molecule has 1 aliphatic heterocycles. The van der Waals surface area contributed by atoms with Crippen molar-refractivity contribution in [3.63, 3.8) is 0 Å². The molecule has 0 aromatic heterocycles. The van der Waals surface area contributed by atoms with Crippen LogP contribution in [0.5, 0.6) is 0 Å². The van der Waals surface area contributed by atoms with Gasteiger partial charge >= 0.3 is 0 Å². The minimum Gasteiger partial charge on any atom is -0.331 e. The highest BCUT2D eigenvalue weighted by Crippen LogP contribution is 2.24. The van der Waals surface area contributed by atoms with Gasteiger partial charge in [0.2, 0.25) is 0 Å². The minimum atomic E-state index is 0.00833. The molecule has 2 rings (SSSR count). The predicted molar refractivity (Wildman–Crippen MR) is 77.1 cm³/mol. The van der Waals surface area contributed by atoms with Crippen molar-refractivity contribution in [3.8, 4) is 0 Å². The molecule has 1 fully saturated rings. The summed E-state index contributed by atoms with van der Waals surface area (Å²) in [5.41, 5.74) is 0.570. The molecule has 2 unspecified atom stereocenters. The zero-order chi connectivity index (χ0) is 13.3. The number of amides is 1. The van der Waals surface area contributed by atoms with Gasteiger partial charge in [0.05, 0.1) is 10.6 Å². The fourth-order valence-corrected chi connectivity index (χ4v) is 3.09. The van der Waals surface area contributed by atoms with Crippen molar-refractivity contribution >= 4 is 33.4 Å². The molecule has 98 valence electrons. The number of piperazine rings is 1. The van der Waals surface area contributed by atoms with Crippen LogP contribution >= 0.6 is 27.5 Å². The number of carbonyl (C=O) groups excluding carboxylic acids is 1. The Balaban J connectivity index is 2.29. The monoisotopic (exact) mass is 330 g/mol. The molecule has 1 heterocycles. The van der Waals surface area contributed by atoms with E-state index in [0.29, 0.717) is 10.6 Å². The van der Waals surface area contributed by atoms with E-state index >= 15 is 0 Å². The van der Waals surface area contributed by atoms with Crippen LogP contribution in [0.2, 0.25) is 5.02 Å². The molecule has 0 spiro atoms. The summed E-state index contributed by atoms with van der Waals surface area (Å²) in [4.78, 5) is 14.5. The van der Waals surface area contributed by atoms with Gasteiger partial charge in [-0.15, -0.1) is 0 Å². The molecule has 0 saturated carbocycles. The van der Waals surface area contributed by atoms with Crippen molar-refractivity contribution in [1.29, 1.82) is 0 Å². The number of hydrogen-bond acceptors (Lipinski definition) is 2. The Hall–Kier alpha value is -0.580. The fraction of sp³-hybridized carbons (Fsp3) is 0.462. The smallest absolute Gasteiger partial charge is 0.255 e. The van der Waals surface area contributed by atoms with Crippen LogP contribution in [-0.4, -0.2) is 36.0 Å². The molecule has 5 heteroatoms. The van der Waals surface area contributed by atoms with E-state index in [4.69, 9.17) is 11.6 Å². The van der Waals surface area contributed by atoms with Crippen LogP contribution in [0.25, 0.3) is 0 Å². The lowest BCUT2D eigenvalue weighted by Crippen LogP contribution is -2.57. The summed E-state index contributed by atoms with van der Waals surface area (Å²) in [6.45, 7) is 5.75. The van der Waals surface area contributed by atoms with Gasteiger partial charge in [-0.3, -0.25) is 4.79 Å². The molecule has 1 saturated heterocycles. The number of carbonyl (C=O) groups is 1. The zero-order valence-electron chi connectivity index (χ0n) is 10.4. The number of benzene rings is 1. The van der Waals surface area contributed by atoms with Crippen LogP contribution in [0.15, 0.2) is 22.7 Å². The predicted octanol–water partition coefficient (Wildman–Crippen LogP) is 2.92. The second-order valence-corrected chi connectivity index (χ2v) is 6.02. The average molecular weight is 332 g/mol. The first-order valence-corrected chi connectivity index (χ1v) is 7.16. The third kappa shape index (κ3) is 2.71. The topological polar surface area (TPSA) is 32.3 Å². The van der Waals surface area contributed by atoms with Crippen molar-refractivity contribution < 1.29 is 4.79 Å². The molecule has 1 amide bonds. The van der Waals surface area contributed by atoms with E-state index in [9.17, 15) is 4.79 Å². The number of hydrogen-bond donors (Lipinski definition) is 1. The summed E-state index contributed by atoms with van der Waals surface area (Å²) in [6, 6.07) is 5.74. The molecule has 1 aromatic rings. The Labute approximate surface area is 121 Å². The number of nitrogens with zero attached hydrogens (tertiary/aromatic N) is 1. The van der Waals surface area contributed by atoms with Gasteiger partial charge in [0, 0.05) is 29.6 Å². The number of rotatable bonds is 1. The molecule has 0 bridgehead atoms. The highest BCUT2D eigenvalue weighted by Gasteiger charge is 2.30. The Bertz CT molecular complexity index is 456. The van der Waals surface area contributed by atoms with Gasteiger partial charge in [-0.25, -0.2) is 0 Å². The maximum Gasteiger partial charge on any atom is 0.255 e. The minimum absolute atomic E-state index is 0.00833. The number of nitrogens with one attached hydrogen (secondary N) is 1. The zero-order valence-corrected chi connectivity index (χ0v) is 12.8. The third-order valence-corrected chi connectivity index (χ3v) is 4.03. The second-order valence-electron chi connectivity index (χ2n) is 4.69. The van der Waals surface area contributed by atoms with Crippen molar-refractivity contribution in [3.05, 3.63) is 33.3 Å². The molecule has 0 aliphatic carbocycles. The Morgan fingerprint density at radius 1 is 1.39 bits per heavy atom. The highest BCUT2D eigenvalue weighted by atomic mass is 79.9. The van der Waals surface area contributed by atoms with Gasteiger partial charge in [-0.1, -0.05) is 27.5 Å². The summed E-state index contributed by atoms with van der Waals surface area (Å²) in [5, 5.41) is 3.80. The van der Waals surface area contributed by atoms with Crippen LogP contribution in [0.4, 0.5) is 0 Å². The van der Waals surface area contributed by atoms with Crippen molar-refractivity contribution in [1.82, 2.24) is 10.2 Å². The Kier molecular flexibility index (Phi) is 4.30. The van der Waals surface area contributed by atoms with E-state index in [1.807, 2.05) is 24.8 Å². The second kappa shape index (κ2) is 5.59. The maximum absolute atomic E-state index is 12.6. The van der Waals surface area contributed by atoms with Gasteiger partial charge in [-0.2, -0.15) is 0 Å². The summed E-state index contributed by atoms with van der Waals surface area (Å²) < 4.78 is 0.880. The van der Waals surface area contributed by atoms with E-state index in [1.165, 1.54) is 0 Å². The normalized spacial score (nSPS) is 24.1. The Morgan fingerprint density at radius 3 is 2.56 bits per heavy atom. The van der Waals surface area contributed by atoms with Crippen LogP contribution in [0.1, 0.15) is 24.2 Å². The molecule has 1 N–H and O–H groups in total. The molecule has 0 radical (unpaired) electrons. The number of halogens is 2. The largest absolute Gasteiger partial charge is 0.331 e. The fourth-order valence-electron chi connectivity index (χ4n) is 2.33. The molecular weight excluding hydrogens is 316 g/mol. The lowest BCUT2D eigenvalue weighted by Gasteiger charge is -2.39. The summed E-state index contributed by atoms with van der Waals surface area (Å²) >= 11 is 9.49. The lowest BCUT2D eigenvalue weighted by molar-refractivity contribution is 0.0544. The van der Waals surface area contributed by atoms with Crippen LogP contribution < -0.4 is 5.32 Å². The summed E-state index contributed by atoms with van der Waals surface area (Å²) in [5.74, 6) is 0.00833. The van der Waals surface area contributed by atoms with E-state index in [0.717, 1.165) is 17.6 Å². The lowest BCUT2D eigenvalue weighted by atomic mass is 10.1. The summed E-state index contributed by atoms with van der Waals surface area (Å²) in [6.07, 6.45) is 0. The Morgan fingerprint density at radius 2 is 2.00 bits per heavy atom. The molecular formula is C13H16BrClN2O. The summed E-state index contributed by atoms with van der Waals surface area (Å²) in [7, 11) is 0. The van der Waals surface area contributed by atoms with Crippen molar-refractivity contribution in [2.24, 2.45) is 0 Å². The maximum atomic E-state index is 12.6. The van der Waals surface area contributed by atoms with E-state index in [1.54, 1.807) is 12.1 Å². The van der Waals surface area contributed by atoms with Gasteiger partial charge in [0.25, 0.3) is 5.91 Å². The first-order valence-electron chi connectivity index (χ1n) is 5.99. The van der Waals surface area contributed by atoms with Gasteiger partial charge < -0.3 is 10.2 Å². The van der Waals surface area contributed by atoms with E-state index < -0.39 is 0 Å². The van der Waals surface area contributed by atoms with Gasteiger partial charge in [0.1, 0.15) is 0 Å². The molecule has 1 aromatic carbocycles. The highest BCUT2D eigenvalue weighted by molar-refractivity contribution is 9.10. The van der Waals surface area contributed by atoms with E-state index in [-0.39, 0.29) is 18.0 Å². The quantitative estimate of drug-likeness (QED) is 0.858. The first kappa shape index (κ1) is 13.8.